The van der Waals surface area contributed by atoms with E-state index in [0.717, 1.165) is 18.4 Å². The van der Waals surface area contributed by atoms with Gasteiger partial charge in [0.15, 0.2) is 0 Å². The smallest absolute Gasteiger partial charge is 0.147 e. The van der Waals surface area contributed by atoms with Crippen molar-refractivity contribution in [3.8, 4) is 0 Å². The molecule has 1 aliphatic carbocycles. The average Bonchev–Trinajstić information content (AvgIpc) is 2.90. The molecule has 1 atom stereocenters. The topological polar surface area (TPSA) is 38.9 Å². The second kappa shape index (κ2) is 3.37. The molecule has 4 heteroatoms. The molecule has 1 fully saturated rings. The second-order valence-electron chi connectivity index (χ2n) is 3.94. The lowest BCUT2D eigenvalue weighted by atomic mass is 9.91. The third-order valence-electron chi connectivity index (χ3n) is 3.03. The Balaban J connectivity index is 2.38. The Hall–Kier alpha value is -0.310. The highest BCUT2D eigenvalue weighted by atomic mass is 35.5. The lowest BCUT2D eigenvalue weighted by molar-refractivity contribution is 0.555. The normalized spacial score (nSPS) is 20.6. The molecule has 0 bridgehead atoms. The number of hydrogen-bond acceptors (Lipinski definition) is 2. The van der Waals surface area contributed by atoms with E-state index < -0.39 is 0 Å². The van der Waals surface area contributed by atoms with E-state index in [9.17, 15) is 0 Å². The fourth-order valence-corrected chi connectivity index (χ4v) is 2.10. The molecule has 14 heavy (non-hydrogen) atoms. The van der Waals surface area contributed by atoms with Gasteiger partial charge in [0.2, 0.25) is 0 Å². The van der Waals surface area contributed by atoms with Crippen LogP contribution in [0.2, 0.25) is 10.2 Å². The van der Waals surface area contributed by atoms with E-state index in [2.05, 4.69) is 4.98 Å². The molecule has 1 unspecified atom stereocenters. The number of pyridine rings is 1. The first-order valence-electron chi connectivity index (χ1n) is 4.63. The van der Waals surface area contributed by atoms with Gasteiger partial charge >= 0.3 is 0 Å². The lowest BCUT2D eigenvalue weighted by Crippen LogP contribution is -2.31. The van der Waals surface area contributed by atoms with Crippen LogP contribution in [-0.2, 0) is 5.41 Å². The molecule has 0 amide bonds. The average molecular weight is 231 g/mol. The molecule has 2 rings (SSSR count). The van der Waals surface area contributed by atoms with Gasteiger partial charge in [-0.2, -0.15) is 0 Å². The molecule has 1 aromatic heterocycles. The minimum Gasteiger partial charge on any atom is -0.327 e. The van der Waals surface area contributed by atoms with Crippen molar-refractivity contribution in [1.82, 2.24) is 4.98 Å². The predicted octanol–water partition coefficient (Wildman–Crippen LogP) is 2.77. The van der Waals surface area contributed by atoms with E-state index in [0.29, 0.717) is 10.2 Å². The van der Waals surface area contributed by atoms with Gasteiger partial charge in [-0.1, -0.05) is 23.2 Å². The Labute approximate surface area is 93.4 Å². The summed E-state index contributed by atoms with van der Waals surface area (Å²) in [5, 5.41) is 0.868. The van der Waals surface area contributed by atoms with Gasteiger partial charge in [-0.15, -0.1) is 0 Å². The Morgan fingerprint density at radius 2 is 2.14 bits per heavy atom. The van der Waals surface area contributed by atoms with Crippen LogP contribution in [0.15, 0.2) is 12.3 Å². The molecule has 1 heterocycles. The minimum absolute atomic E-state index is 0.0984. The zero-order valence-electron chi connectivity index (χ0n) is 7.93. The molecule has 2 nitrogen and oxygen atoms in total. The first-order valence-corrected chi connectivity index (χ1v) is 5.39. The molecule has 0 spiro atoms. The zero-order valence-corrected chi connectivity index (χ0v) is 9.44. The van der Waals surface area contributed by atoms with Crippen molar-refractivity contribution in [3.05, 3.63) is 28.0 Å². The fraction of sp³-hybridized carbons (Fsp3) is 0.500. The summed E-state index contributed by atoms with van der Waals surface area (Å²) < 4.78 is 0. The van der Waals surface area contributed by atoms with Gasteiger partial charge in [0.1, 0.15) is 5.15 Å². The van der Waals surface area contributed by atoms with E-state index in [1.807, 2.05) is 13.0 Å². The Morgan fingerprint density at radius 1 is 1.50 bits per heavy atom. The molecule has 0 aliphatic heterocycles. The number of nitrogens with two attached hydrogens (primary N) is 1. The first kappa shape index (κ1) is 10.2. The molecule has 1 aliphatic rings. The largest absolute Gasteiger partial charge is 0.327 e. The molecule has 1 aromatic rings. The highest BCUT2D eigenvalue weighted by molar-refractivity contribution is 6.41. The van der Waals surface area contributed by atoms with Crippen LogP contribution in [0.25, 0.3) is 0 Å². The van der Waals surface area contributed by atoms with Crippen LogP contribution in [0.1, 0.15) is 25.3 Å². The van der Waals surface area contributed by atoms with Crippen molar-refractivity contribution in [2.45, 2.75) is 31.2 Å². The van der Waals surface area contributed by atoms with E-state index in [1.54, 1.807) is 6.20 Å². The summed E-state index contributed by atoms with van der Waals surface area (Å²) in [6, 6.07) is 2.02. The van der Waals surface area contributed by atoms with Crippen LogP contribution >= 0.6 is 23.2 Å². The van der Waals surface area contributed by atoms with Crippen molar-refractivity contribution in [2.75, 3.05) is 0 Å². The summed E-state index contributed by atoms with van der Waals surface area (Å²) in [5.74, 6) is 0. The van der Waals surface area contributed by atoms with Gasteiger partial charge in [-0.05, 0) is 31.4 Å². The Kier molecular flexibility index (Phi) is 2.46. The number of rotatable bonds is 2. The maximum atomic E-state index is 5.95. The van der Waals surface area contributed by atoms with E-state index in [-0.39, 0.29) is 11.5 Å². The maximum Gasteiger partial charge on any atom is 0.147 e. The van der Waals surface area contributed by atoms with Crippen LogP contribution in [-0.4, -0.2) is 11.0 Å². The monoisotopic (exact) mass is 230 g/mol. The highest BCUT2D eigenvalue weighted by Crippen LogP contribution is 2.50. The number of nitrogens with zero attached hydrogens (tertiary/aromatic N) is 1. The van der Waals surface area contributed by atoms with E-state index in [4.69, 9.17) is 28.9 Å². The van der Waals surface area contributed by atoms with Crippen molar-refractivity contribution >= 4 is 23.2 Å². The van der Waals surface area contributed by atoms with Gasteiger partial charge in [0, 0.05) is 17.7 Å². The van der Waals surface area contributed by atoms with E-state index >= 15 is 0 Å². The SMILES string of the molecule is CC(N)C1(c2cnc(Cl)c(Cl)c2)CC1. The quantitative estimate of drug-likeness (QED) is 0.795. The van der Waals surface area contributed by atoms with Crippen LogP contribution in [0.4, 0.5) is 0 Å². The van der Waals surface area contributed by atoms with Gasteiger partial charge in [0.25, 0.3) is 0 Å². The highest BCUT2D eigenvalue weighted by Gasteiger charge is 2.47. The summed E-state index contributed by atoms with van der Waals surface area (Å²) in [6.45, 7) is 2.02. The van der Waals surface area contributed by atoms with Crippen molar-refractivity contribution < 1.29 is 0 Å². The predicted molar refractivity (Wildman–Crippen MR) is 58.8 cm³/mol. The maximum absolute atomic E-state index is 5.95. The summed E-state index contributed by atoms with van der Waals surface area (Å²) in [6.07, 6.45) is 4.01. The summed E-state index contributed by atoms with van der Waals surface area (Å²) in [4.78, 5) is 4.05. The first-order chi connectivity index (χ1) is 6.56. The number of halogens is 2. The van der Waals surface area contributed by atoms with Crippen LogP contribution in [0, 0.1) is 0 Å². The lowest BCUT2D eigenvalue weighted by Gasteiger charge is -2.19. The van der Waals surface area contributed by atoms with Crippen molar-refractivity contribution in [3.63, 3.8) is 0 Å². The summed E-state index contributed by atoms with van der Waals surface area (Å²) in [7, 11) is 0. The number of aromatic nitrogens is 1. The van der Waals surface area contributed by atoms with Gasteiger partial charge in [-0.3, -0.25) is 0 Å². The molecular weight excluding hydrogens is 219 g/mol. The molecule has 0 aromatic carbocycles. The molecule has 1 saturated carbocycles. The van der Waals surface area contributed by atoms with E-state index in [1.165, 1.54) is 0 Å². The van der Waals surface area contributed by atoms with Gasteiger partial charge in [-0.25, -0.2) is 4.98 Å². The third kappa shape index (κ3) is 1.52. The van der Waals surface area contributed by atoms with Gasteiger partial charge in [0.05, 0.1) is 5.02 Å². The van der Waals surface area contributed by atoms with Crippen LogP contribution in [0.3, 0.4) is 0 Å². The van der Waals surface area contributed by atoms with Crippen molar-refractivity contribution in [2.24, 2.45) is 5.73 Å². The minimum atomic E-state index is 0.0984. The molecule has 76 valence electrons. The summed E-state index contributed by atoms with van der Waals surface area (Å²) >= 11 is 11.7. The third-order valence-corrected chi connectivity index (χ3v) is 3.72. The molecular formula is C10H12Cl2N2. The Bertz CT molecular complexity index is 359. The number of hydrogen-bond donors (Lipinski definition) is 1. The molecule has 2 N–H and O–H groups in total. The zero-order chi connectivity index (χ0) is 10.3. The fourth-order valence-electron chi connectivity index (χ4n) is 1.84. The van der Waals surface area contributed by atoms with Gasteiger partial charge < -0.3 is 5.73 Å². The van der Waals surface area contributed by atoms with Crippen LogP contribution in [0.5, 0.6) is 0 Å². The summed E-state index contributed by atoms with van der Waals surface area (Å²) in [5.41, 5.74) is 7.16. The molecule has 0 radical (unpaired) electrons. The van der Waals surface area contributed by atoms with Crippen molar-refractivity contribution in [1.29, 1.82) is 0 Å². The molecule has 0 saturated heterocycles. The Morgan fingerprint density at radius 3 is 2.57 bits per heavy atom. The van der Waals surface area contributed by atoms with Crippen LogP contribution < -0.4 is 5.73 Å². The second-order valence-corrected chi connectivity index (χ2v) is 4.71. The standard InChI is InChI=1S/C10H12Cl2N2/c1-6(13)10(2-3-10)7-4-8(11)9(12)14-5-7/h4-6H,2-3,13H2,1H3.